The van der Waals surface area contributed by atoms with Crippen molar-refractivity contribution in [3.63, 3.8) is 0 Å². The van der Waals surface area contributed by atoms with E-state index in [0.29, 0.717) is 6.61 Å². The van der Waals surface area contributed by atoms with Crippen LogP contribution in [0.1, 0.15) is 45.1 Å². The molecule has 0 aromatic heterocycles. The van der Waals surface area contributed by atoms with Crippen LogP contribution in [0.15, 0.2) is 18.2 Å². The average molecular weight is 283 g/mol. The molecule has 104 valence electrons. The molecular formula is C16H20ClFO. The number of hydrogen-bond donors (Lipinski definition) is 0. The molecule has 1 aromatic rings. The van der Waals surface area contributed by atoms with E-state index in [1.807, 2.05) is 13.0 Å². The van der Waals surface area contributed by atoms with Crippen LogP contribution in [0.2, 0.25) is 5.02 Å². The molecule has 1 aliphatic rings. The number of ether oxygens (including phenoxy) is 1. The molecule has 0 amide bonds. The van der Waals surface area contributed by atoms with Crippen molar-refractivity contribution >= 4 is 17.2 Å². The Hall–Kier alpha value is -1.02. The Labute approximate surface area is 119 Å². The lowest BCUT2D eigenvalue weighted by Crippen LogP contribution is -2.05. The molecule has 0 N–H and O–H groups in total. The Morgan fingerprint density at radius 3 is 2.74 bits per heavy atom. The molecule has 19 heavy (non-hydrogen) atoms. The molecule has 0 aliphatic heterocycles. The van der Waals surface area contributed by atoms with Gasteiger partial charge in [-0.05, 0) is 55.4 Å². The van der Waals surface area contributed by atoms with E-state index in [9.17, 15) is 4.39 Å². The van der Waals surface area contributed by atoms with E-state index in [2.05, 4.69) is 13.0 Å². The highest BCUT2D eigenvalue weighted by Gasteiger charge is 2.19. The molecule has 3 heteroatoms. The summed E-state index contributed by atoms with van der Waals surface area (Å²) >= 11 is 6.14. The Morgan fingerprint density at radius 2 is 2.16 bits per heavy atom. The van der Waals surface area contributed by atoms with Crippen molar-refractivity contribution in [3.8, 4) is 5.75 Å². The molecule has 0 heterocycles. The lowest BCUT2D eigenvalue weighted by atomic mass is 9.85. The fourth-order valence-electron chi connectivity index (χ4n) is 2.55. The topological polar surface area (TPSA) is 9.23 Å². The highest BCUT2D eigenvalue weighted by molar-refractivity contribution is 6.32. The molecule has 1 atom stereocenters. The maximum absolute atomic E-state index is 14.1. The van der Waals surface area contributed by atoms with E-state index in [4.69, 9.17) is 16.3 Å². The van der Waals surface area contributed by atoms with Crippen molar-refractivity contribution in [2.75, 3.05) is 6.61 Å². The summed E-state index contributed by atoms with van der Waals surface area (Å²) in [4.78, 5) is 0. The molecule has 1 aromatic carbocycles. The summed E-state index contributed by atoms with van der Waals surface area (Å²) in [5, 5.41) is 0.187. The van der Waals surface area contributed by atoms with Gasteiger partial charge in [0.2, 0.25) is 0 Å². The second kappa shape index (κ2) is 6.42. The first-order valence-corrected chi connectivity index (χ1v) is 7.35. The zero-order chi connectivity index (χ0) is 13.8. The molecule has 0 fully saturated rings. The van der Waals surface area contributed by atoms with Crippen LogP contribution in [0.4, 0.5) is 4.39 Å². The third-order valence-electron chi connectivity index (χ3n) is 3.79. The van der Waals surface area contributed by atoms with Crippen molar-refractivity contribution in [2.24, 2.45) is 5.92 Å². The van der Waals surface area contributed by atoms with E-state index in [1.54, 1.807) is 6.07 Å². The highest BCUT2D eigenvalue weighted by Crippen LogP contribution is 2.37. The van der Waals surface area contributed by atoms with Crippen LogP contribution in [0.5, 0.6) is 5.75 Å². The Bertz CT molecular complexity index is 482. The van der Waals surface area contributed by atoms with Gasteiger partial charge in [0.05, 0.1) is 11.6 Å². The minimum absolute atomic E-state index is 0.187. The lowest BCUT2D eigenvalue weighted by molar-refractivity contribution is 0.321. The summed E-state index contributed by atoms with van der Waals surface area (Å²) in [5.41, 5.74) is 1.98. The predicted molar refractivity (Wildman–Crippen MR) is 78.2 cm³/mol. The molecule has 0 spiro atoms. The summed E-state index contributed by atoms with van der Waals surface area (Å²) < 4.78 is 19.3. The van der Waals surface area contributed by atoms with Gasteiger partial charge in [-0.3, -0.25) is 0 Å². The summed E-state index contributed by atoms with van der Waals surface area (Å²) in [6.07, 6.45) is 6.62. The fourth-order valence-corrected chi connectivity index (χ4v) is 2.83. The van der Waals surface area contributed by atoms with E-state index >= 15 is 0 Å². The molecule has 1 aliphatic carbocycles. The summed E-state index contributed by atoms with van der Waals surface area (Å²) in [5.74, 6) is 0.550. The third kappa shape index (κ3) is 3.11. The second-order valence-corrected chi connectivity index (χ2v) is 5.33. The van der Waals surface area contributed by atoms with E-state index in [0.717, 1.165) is 36.3 Å². The largest absolute Gasteiger partial charge is 0.491 e. The second-order valence-electron chi connectivity index (χ2n) is 4.95. The SMILES string of the molecule is CCOc1ccc(C2=CCC(CC)CC2)c(Cl)c1F. The van der Waals surface area contributed by atoms with Crippen LogP contribution in [0.3, 0.4) is 0 Å². The maximum Gasteiger partial charge on any atom is 0.184 e. The van der Waals surface area contributed by atoms with Crippen LogP contribution in [-0.4, -0.2) is 6.61 Å². The van der Waals surface area contributed by atoms with Crippen LogP contribution < -0.4 is 4.74 Å². The van der Waals surface area contributed by atoms with Gasteiger partial charge < -0.3 is 4.74 Å². The van der Waals surface area contributed by atoms with Gasteiger partial charge in [0.1, 0.15) is 0 Å². The van der Waals surface area contributed by atoms with Gasteiger partial charge in [-0.2, -0.15) is 0 Å². The third-order valence-corrected chi connectivity index (χ3v) is 4.16. The molecular weight excluding hydrogens is 263 g/mol. The van der Waals surface area contributed by atoms with Crippen LogP contribution in [-0.2, 0) is 0 Å². The molecule has 0 saturated carbocycles. The molecule has 0 radical (unpaired) electrons. The van der Waals surface area contributed by atoms with Gasteiger partial charge in [-0.15, -0.1) is 0 Å². The highest BCUT2D eigenvalue weighted by atomic mass is 35.5. The zero-order valence-electron chi connectivity index (χ0n) is 11.5. The molecule has 0 bridgehead atoms. The summed E-state index contributed by atoms with van der Waals surface area (Å²) in [6.45, 7) is 4.48. The van der Waals surface area contributed by atoms with Gasteiger partial charge in [0.25, 0.3) is 0 Å². The minimum atomic E-state index is -0.445. The quantitative estimate of drug-likeness (QED) is 0.711. The first-order valence-electron chi connectivity index (χ1n) is 6.97. The van der Waals surface area contributed by atoms with Crippen molar-refractivity contribution in [2.45, 2.75) is 39.5 Å². The van der Waals surface area contributed by atoms with E-state index < -0.39 is 5.82 Å². The van der Waals surface area contributed by atoms with Crippen molar-refractivity contribution in [1.82, 2.24) is 0 Å². The van der Waals surface area contributed by atoms with Gasteiger partial charge in [0, 0.05) is 0 Å². The van der Waals surface area contributed by atoms with Gasteiger partial charge >= 0.3 is 0 Å². The summed E-state index contributed by atoms with van der Waals surface area (Å²) in [6, 6.07) is 3.54. The van der Waals surface area contributed by atoms with Crippen LogP contribution in [0.25, 0.3) is 5.57 Å². The Morgan fingerprint density at radius 1 is 1.37 bits per heavy atom. The summed E-state index contributed by atoms with van der Waals surface area (Å²) in [7, 11) is 0. The molecule has 1 nitrogen and oxygen atoms in total. The fraction of sp³-hybridized carbons (Fsp3) is 0.500. The van der Waals surface area contributed by atoms with Crippen molar-refractivity contribution in [1.29, 1.82) is 0 Å². The first-order chi connectivity index (χ1) is 9.17. The van der Waals surface area contributed by atoms with Crippen molar-refractivity contribution in [3.05, 3.63) is 34.6 Å². The van der Waals surface area contributed by atoms with Gasteiger partial charge in [-0.25, -0.2) is 4.39 Å². The van der Waals surface area contributed by atoms with Crippen LogP contribution >= 0.6 is 11.6 Å². The number of hydrogen-bond acceptors (Lipinski definition) is 1. The number of allylic oxidation sites excluding steroid dienone is 2. The number of benzene rings is 1. The number of halogens is 2. The Balaban J connectivity index is 2.27. The molecule has 1 unspecified atom stereocenters. The molecule has 2 rings (SSSR count). The van der Waals surface area contributed by atoms with Crippen molar-refractivity contribution < 1.29 is 9.13 Å². The zero-order valence-corrected chi connectivity index (χ0v) is 12.3. The standard InChI is InChI=1S/C16H20ClFO/c1-3-11-5-7-12(8-6-11)13-9-10-14(19-4-2)16(18)15(13)17/h7,9-11H,3-6,8H2,1-2H3. The van der Waals surface area contributed by atoms with E-state index in [1.165, 1.54) is 6.42 Å². The minimum Gasteiger partial charge on any atom is -0.491 e. The Kier molecular flexibility index (Phi) is 4.87. The maximum atomic E-state index is 14.1. The molecule has 0 saturated heterocycles. The monoisotopic (exact) mass is 282 g/mol. The van der Waals surface area contributed by atoms with Crippen LogP contribution in [0, 0.1) is 11.7 Å². The predicted octanol–water partition coefficient (Wildman–Crippen LogP) is 5.47. The first kappa shape index (κ1) is 14.4. The average Bonchev–Trinajstić information content (AvgIpc) is 2.45. The number of rotatable bonds is 4. The van der Waals surface area contributed by atoms with Gasteiger partial charge in [-0.1, -0.05) is 31.0 Å². The van der Waals surface area contributed by atoms with E-state index in [-0.39, 0.29) is 10.8 Å². The normalized spacial score (nSPS) is 19.2. The lowest BCUT2D eigenvalue weighted by Gasteiger charge is -2.21. The smallest absolute Gasteiger partial charge is 0.184 e. The van der Waals surface area contributed by atoms with Gasteiger partial charge in [0.15, 0.2) is 11.6 Å².